The molecule has 3 heteroatoms. The van der Waals surface area contributed by atoms with Gasteiger partial charge in [-0.2, -0.15) is 0 Å². The van der Waals surface area contributed by atoms with Gasteiger partial charge < -0.3 is 9.64 Å². The third-order valence-corrected chi connectivity index (χ3v) is 3.54. The second-order valence-electron chi connectivity index (χ2n) is 4.92. The van der Waals surface area contributed by atoms with Gasteiger partial charge in [0.05, 0.1) is 0 Å². The highest BCUT2D eigenvalue weighted by molar-refractivity contribution is 5.79. The lowest BCUT2D eigenvalue weighted by Crippen LogP contribution is -2.43. The van der Waals surface area contributed by atoms with Gasteiger partial charge in [-0.05, 0) is 31.6 Å². The van der Waals surface area contributed by atoms with Crippen molar-refractivity contribution in [2.24, 2.45) is 11.8 Å². The van der Waals surface area contributed by atoms with E-state index in [-0.39, 0.29) is 5.92 Å². The molecular weight excluding hydrogens is 190 g/mol. The highest BCUT2D eigenvalue weighted by Gasteiger charge is 2.28. The Bertz CT molecular complexity index is 224. The van der Waals surface area contributed by atoms with Crippen molar-refractivity contribution >= 4 is 5.91 Å². The Labute approximate surface area is 91.8 Å². The van der Waals surface area contributed by atoms with Gasteiger partial charge in [0, 0.05) is 32.2 Å². The van der Waals surface area contributed by atoms with E-state index in [9.17, 15) is 4.79 Å². The zero-order valence-electron chi connectivity index (χ0n) is 9.58. The summed E-state index contributed by atoms with van der Waals surface area (Å²) in [6.07, 6.45) is 4.29. The van der Waals surface area contributed by atoms with Crippen molar-refractivity contribution in [2.45, 2.75) is 32.6 Å². The van der Waals surface area contributed by atoms with Crippen molar-refractivity contribution in [3.8, 4) is 0 Å². The van der Waals surface area contributed by atoms with Crippen molar-refractivity contribution < 1.29 is 9.53 Å². The van der Waals surface area contributed by atoms with Crippen LogP contribution in [0.3, 0.4) is 0 Å². The maximum absolute atomic E-state index is 12.2. The molecule has 0 aromatic heterocycles. The van der Waals surface area contributed by atoms with Gasteiger partial charge >= 0.3 is 0 Å². The van der Waals surface area contributed by atoms with E-state index in [0.717, 1.165) is 39.1 Å². The smallest absolute Gasteiger partial charge is 0.225 e. The van der Waals surface area contributed by atoms with Crippen LogP contribution in [0.5, 0.6) is 0 Å². The van der Waals surface area contributed by atoms with Crippen LogP contribution < -0.4 is 0 Å². The van der Waals surface area contributed by atoms with Crippen LogP contribution in [-0.4, -0.2) is 37.1 Å². The molecule has 0 radical (unpaired) electrons. The highest BCUT2D eigenvalue weighted by Crippen LogP contribution is 2.22. The summed E-state index contributed by atoms with van der Waals surface area (Å²) in [4.78, 5) is 14.2. The zero-order chi connectivity index (χ0) is 10.7. The van der Waals surface area contributed by atoms with Gasteiger partial charge in [0.15, 0.2) is 0 Å². The lowest BCUT2D eigenvalue weighted by molar-refractivity contribution is -0.140. The van der Waals surface area contributed by atoms with Crippen LogP contribution in [0.1, 0.15) is 32.6 Å². The van der Waals surface area contributed by atoms with E-state index < -0.39 is 0 Å². The number of hydrogen-bond acceptors (Lipinski definition) is 2. The maximum atomic E-state index is 12.2. The molecule has 1 amide bonds. The Morgan fingerprint density at radius 2 is 2.00 bits per heavy atom. The minimum atomic E-state index is 0.240. The van der Waals surface area contributed by atoms with Crippen LogP contribution in [0.4, 0.5) is 0 Å². The molecule has 3 nitrogen and oxygen atoms in total. The summed E-state index contributed by atoms with van der Waals surface area (Å²) in [6.45, 7) is 5.71. The minimum absolute atomic E-state index is 0.240. The number of piperidine rings is 1. The van der Waals surface area contributed by atoms with Gasteiger partial charge in [0.1, 0.15) is 0 Å². The Morgan fingerprint density at radius 1 is 1.27 bits per heavy atom. The van der Waals surface area contributed by atoms with E-state index in [2.05, 4.69) is 11.8 Å². The summed E-state index contributed by atoms with van der Waals surface area (Å²) in [5.41, 5.74) is 0. The van der Waals surface area contributed by atoms with Crippen LogP contribution in [0.2, 0.25) is 0 Å². The third-order valence-electron chi connectivity index (χ3n) is 3.54. The number of hydrogen-bond donors (Lipinski definition) is 0. The molecule has 2 saturated heterocycles. The number of rotatable bonds is 1. The summed E-state index contributed by atoms with van der Waals surface area (Å²) >= 11 is 0. The number of amides is 1. The predicted octanol–water partition coefficient (Wildman–Crippen LogP) is 1.67. The topological polar surface area (TPSA) is 29.5 Å². The standard InChI is InChI=1S/C12H21NO2/c1-10-3-2-6-13(9-10)12(14)11-4-7-15-8-5-11/h10-11H,2-9H2,1H3. The normalized spacial score (nSPS) is 29.1. The molecule has 2 fully saturated rings. The van der Waals surface area contributed by atoms with Crippen molar-refractivity contribution in [3.63, 3.8) is 0 Å². The van der Waals surface area contributed by atoms with E-state index in [1.54, 1.807) is 0 Å². The number of nitrogens with zero attached hydrogens (tertiary/aromatic N) is 1. The second kappa shape index (κ2) is 4.97. The van der Waals surface area contributed by atoms with Crippen LogP contribution >= 0.6 is 0 Å². The molecule has 0 aliphatic carbocycles. The molecule has 2 aliphatic rings. The van der Waals surface area contributed by atoms with E-state index >= 15 is 0 Å². The first-order valence-corrected chi connectivity index (χ1v) is 6.14. The quantitative estimate of drug-likeness (QED) is 0.660. The van der Waals surface area contributed by atoms with Gasteiger partial charge in [-0.3, -0.25) is 4.79 Å². The van der Waals surface area contributed by atoms with E-state index in [1.165, 1.54) is 12.8 Å². The Balaban J connectivity index is 1.88. The average molecular weight is 211 g/mol. The third kappa shape index (κ3) is 2.71. The molecule has 1 unspecified atom stereocenters. The summed E-state index contributed by atoms with van der Waals surface area (Å²) in [5, 5.41) is 0. The molecule has 1 atom stereocenters. The van der Waals surface area contributed by atoms with Crippen LogP contribution in [0.25, 0.3) is 0 Å². The maximum Gasteiger partial charge on any atom is 0.225 e. The minimum Gasteiger partial charge on any atom is -0.381 e. The molecule has 2 aliphatic heterocycles. The average Bonchev–Trinajstić information content (AvgIpc) is 2.29. The first-order chi connectivity index (χ1) is 7.27. The Hall–Kier alpha value is -0.570. The van der Waals surface area contributed by atoms with Gasteiger partial charge in [0.25, 0.3) is 0 Å². The summed E-state index contributed by atoms with van der Waals surface area (Å²) in [7, 11) is 0. The van der Waals surface area contributed by atoms with Crippen molar-refractivity contribution in [1.29, 1.82) is 0 Å². The van der Waals surface area contributed by atoms with Gasteiger partial charge in [-0.25, -0.2) is 0 Å². The van der Waals surface area contributed by atoms with Gasteiger partial charge in [0.2, 0.25) is 5.91 Å². The number of ether oxygens (including phenoxy) is 1. The van der Waals surface area contributed by atoms with Crippen LogP contribution in [0.15, 0.2) is 0 Å². The number of carbonyl (C=O) groups is 1. The molecule has 0 N–H and O–H groups in total. The molecule has 0 aromatic rings. The first kappa shape index (κ1) is 10.9. The second-order valence-corrected chi connectivity index (χ2v) is 4.92. The lowest BCUT2D eigenvalue weighted by Gasteiger charge is -2.34. The molecule has 0 bridgehead atoms. The summed E-state index contributed by atoms with van der Waals surface area (Å²) in [6, 6.07) is 0. The van der Waals surface area contributed by atoms with Crippen LogP contribution in [0, 0.1) is 11.8 Å². The molecular formula is C12H21NO2. The molecule has 2 heterocycles. The first-order valence-electron chi connectivity index (χ1n) is 6.14. The molecule has 0 aromatic carbocycles. The number of carbonyl (C=O) groups excluding carboxylic acids is 1. The van der Waals surface area contributed by atoms with E-state index in [1.807, 2.05) is 0 Å². The number of likely N-dealkylation sites (tertiary alicyclic amines) is 1. The highest BCUT2D eigenvalue weighted by atomic mass is 16.5. The van der Waals surface area contributed by atoms with Crippen LogP contribution in [-0.2, 0) is 9.53 Å². The predicted molar refractivity (Wildman–Crippen MR) is 58.5 cm³/mol. The van der Waals surface area contributed by atoms with Crippen molar-refractivity contribution in [1.82, 2.24) is 4.90 Å². The summed E-state index contributed by atoms with van der Waals surface area (Å²) < 4.78 is 5.29. The van der Waals surface area contributed by atoms with Crippen molar-refractivity contribution in [3.05, 3.63) is 0 Å². The van der Waals surface area contributed by atoms with E-state index in [4.69, 9.17) is 4.74 Å². The zero-order valence-corrected chi connectivity index (χ0v) is 9.58. The summed E-state index contributed by atoms with van der Waals surface area (Å²) in [5.74, 6) is 1.30. The molecule has 2 rings (SSSR count). The fourth-order valence-corrected chi connectivity index (χ4v) is 2.59. The molecule has 15 heavy (non-hydrogen) atoms. The molecule has 0 saturated carbocycles. The van der Waals surface area contributed by atoms with Crippen molar-refractivity contribution in [2.75, 3.05) is 26.3 Å². The Morgan fingerprint density at radius 3 is 2.67 bits per heavy atom. The van der Waals surface area contributed by atoms with E-state index in [0.29, 0.717) is 11.8 Å². The molecule has 0 spiro atoms. The fourth-order valence-electron chi connectivity index (χ4n) is 2.59. The molecule has 86 valence electrons. The lowest BCUT2D eigenvalue weighted by atomic mass is 9.95. The van der Waals surface area contributed by atoms with Gasteiger partial charge in [-0.1, -0.05) is 6.92 Å². The SMILES string of the molecule is CC1CCCN(C(=O)C2CCOCC2)C1. The monoisotopic (exact) mass is 211 g/mol. The van der Waals surface area contributed by atoms with Gasteiger partial charge in [-0.15, -0.1) is 0 Å². The fraction of sp³-hybridized carbons (Fsp3) is 0.917. The largest absolute Gasteiger partial charge is 0.381 e. The Kier molecular flexibility index (Phi) is 3.62.